The molecule has 8 heteroatoms. The molecule has 0 N–H and O–H groups in total. The summed E-state index contributed by atoms with van der Waals surface area (Å²) in [6, 6.07) is 19.5. The van der Waals surface area contributed by atoms with Gasteiger partial charge in [0.2, 0.25) is 0 Å². The Morgan fingerprint density at radius 1 is 0.921 bits per heavy atom. The second kappa shape index (κ2) is 11.3. The zero-order valence-electron chi connectivity index (χ0n) is 22.4. The van der Waals surface area contributed by atoms with Gasteiger partial charge in [0.1, 0.15) is 29.0 Å². The van der Waals surface area contributed by atoms with Crippen molar-refractivity contribution in [2.75, 3.05) is 7.11 Å². The molecule has 0 saturated carbocycles. The number of aliphatic imine (C=N–C) groups is 1. The number of carbonyl (C=O) groups is 1. The molecule has 0 aliphatic carbocycles. The van der Waals surface area contributed by atoms with Crippen LogP contribution in [0.25, 0.3) is 0 Å². The summed E-state index contributed by atoms with van der Waals surface area (Å²) in [6.45, 7) is 9.40. The molecular weight excluding hydrogens is 523 g/mol. The van der Waals surface area contributed by atoms with E-state index in [2.05, 4.69) is 0 Å². The van der Waals surface area contributed by atoms with Crippen molar-refractivity contribution in [3.8, 4) is 11.5 Å². The van der Waals surface area contributed by atoms with Crippen LogP contribution in [0, 0.1) is 0 Å². The lowest BCUT2D eigenvalue weighted by molar-refractivity contribution is 0.0316. The number of hydrogen-bond donors (Lipinski definition) is 0. The largest absolute Gasteiger partial charge is 0.497 e. The number of methoxy groups -OCH3 is 1. The van der Waals surface area contributed by atoms with Crippen LogP contribution in [-0.4, -0.2) is 35.6 Å². The summed E-state index contributed by atoms with van der Waals surface area (Å²) < 4.78 is 17.5. The number of halogens is 2. The number of benzene rings is 3. The Morgan fingerprint density at radius 2 is 1.50 bits per heavy atom. The fraction of sp³-hybridized carbons (Fsp3) is 0.333. The van der Waals surface area contributed by atoms with Gasteiger partial charge in [0.25, 0.3) is 0 Å². The van der Waals surface area contributed by atoms with Crippen molar-refractivity contribution >= 4 is 35.1 Å². The molecule has 1 aliphatic rings. The van der Waals surface area contributed by atoms with Gasteiger partial charge in [-0.2, -0.15) is 0 Å². The molecule has 1 amide bonds. The fourth-order valence-corrected chi connectivity index (χ4v) is 4.57. The summed E-state index contributed by atoms with van der Waals surface area (Å²) in [5.74, 6) is 1.63. The average molecular weight is 556 g/mol. The van der Waals surface area contributed by atoms with E-state index in [0.717, 1.165) is 11.1 Å². The minimum atomic E-state index is -0.720. The Hall–Kier alpha value is -3.22. The number of ether oxygens (including phenoxy) is 3. The maximum Gasteiger partial charge on any atom is 0.416 e. The Bertz CT molecular complexity index is 1320. The van der Waals surface area contributed by atoms with Crippen molar-refractivity contribution in [1.82, 2.24) is 4.90 Å². The van der Waals surface area contributed by atoms with Gasteiger partial charge >= 0.3 is 6.09 Å². The number of rotatable bonds is 6. The van der Waals surface area contributed by atoms with Crippen LogP contribution in [0.15, 0.2) is 71.7 Å². The van der Waals surface area contributed by atoms with Gasteiger partial charge in [-0.25, -0.2) is 4.79 Å². The van der Waals surface area contributed by atoms with Crippen molar-refractivity contribution in [3.05, 3.63) is 93.5 Å². The molecule has 200 valence electrons. The lowest BCUT2D eigenvalue weighted by Crippen LogP contribution is -2.41. The first-order valence-corrected chi connectivity index (χ1v) is 13.2. The van der Waals surface area contributed by atoms with Gasteiger partial charge < -0.3 is 14.2 Å². The minimum Gasteiger partial charge on any atom is -0.497 e. The number of amidine groups is 1. The molecule has 2 atom stereocenters. The second-order valence-corrected chi connectivity index (χ2v) is 11.2. The molecule has 4 rings (SSSR count). The van der Waals surface area contributed by atoms with Crippen LogP contribution < -0.4 is 9.47 Å². The molecule has 3 aromatic rings. The maximum atomic E-state index is 13.9. The van der Waals surface area contributed by atoms with Crippen molar-refractivity contribution < 1.29 is 19.0 Å². The Kier molecular flexibility index (Phi) is 8.24. The summed E-state index contributed by atoms with van der Waals surface area (Å²) >= 11 is 12.4. The van der Waals surface area contributed by atoms with Crippen molar-refractivity contribution in [3.63, 3.8) is 0 Å². The topological polar surface area (TPSA) is 60.4 Å². The first kappa shape index (κ1) is 27.8. The van der Waals surface area contributed by atoms with E-state index in [1.54, 1.807) is 18.1 Å². The van der Waals surface area contributed by atoms with E-state index in [-0.39, 0.29) is 6.10 Å². The van der Waals surface area contributed by atoms with E-state index in [9.17, 15) is 4.79 Å². The number of nitrogens with zero attached hydrogens (tertiary/aromatic N) is 2. The standard InChI is InChI=1S/C30H32Cl2N2O4/c1-18(2)37-25-17-23(36-6)15-16-24(25)28-33-26(19-7-11-21(31)12-8-19)27(20-9-13-22(32)14-10-20)34(28)29(35)38-30(3,4)5/h7-18,26-27H,1-6H3. The molecule has 0 saturated heterocycles. The third-order valence-electron chi connectivity index (χ3n) is 5.87. The molecule has 3 aromatic carbocycles. The summed E-state index contributed by atoms with van der Waals surface area (Å²) in [7, 11) is 1.60. The van der Waals surface area contributed by atoms with Crippen LogP contribution in [0.3, 0.4) is 0 Å². The van der Waals surface area contributed by atoms with Crippen LogP contribution in [0.2, 0.25) is 10.0 Å². The monoisotopic (exact) mass is 554 g/mol. The van der Waals surface area contributed by atoms with E-state index in [1.165, 1.54) is 0 Å². The van der Waals surface area contributed by atoms with Gasteiger partial charge in [-0.3, -0.25) is 9.89 Å². The highest BCUT2D eigenvalue weighted by Crippen LogP contribution is 2.46. The van der Waals surface area contributed by atoms with Gasteiger partial charge in [-0.15, -0.1) is 0 Å². The zero-order chi connectivity index (χ0) is 27.6. The van der Waals surface area contributed by atoms with Crippen LogP contribution in [0.4, 0.5) is 4.79 Å². The smallest absolute Gasteiger partial charge is 0.416 e. The van der Waals surface area contributed by atoms with E-state index in [0.29, 0.717) is 32.9 Å². The molecular formula is C30H32Cl2N2O4. The minimum absolute atomic E-state index is 0.114. The van der Waals surface area contributed by atoms with Crippen molar-refractivity contribution in [2.24, 2.45) is 4.99 Å². The SMILES string of the molecule is COc1ccc(C2=NC(c3ccc(Cl)cc3)C(c3ccc(Cl)cc3)N2C(=O)OC(C)(C)C)c(OC(C)C)c1. The number of carbonyl (C=O) groups excluding carboxylic acids is 1. The van der Waals surface area contributed by atoms with Crippen LogP contribution in [-0.2, 0) is 4.74 Å². The summed E-state index contributed by atoms with van der Waals surface area (Å²) in [6.07, 6.45) is -0.629. The van der Waals surface area contributed by atoms with Crippen LogP contribution >= 0.6 is 23.2 Å². The average Bonchev–Trinajstić information content (AvgIpc) is 3.24. The number of hydrogen-bond acceptors (Lipinski definition) is 5. The third kappa shape index (κ3) is 6.25. The lowest BCUT2D eigenvalue weighted by Gasteiger charge is -2.32. The lowest BCUT2D eigenvalue weighted by atomic mass is 9.94. The predicted octanol–water partition coefficient (Wildman–Crippen LogP) is 8.27. The summed E-state index contributed by atoms with van der Waals surface area (Å²) in [5, 5.41) is 1.22. The third-order valence-corrected chi connectivity index (χ3v) is 6.38. The first-order valence-electron chi connectivity index (χ1n) is 12.4. The van der Waals surface area contributed by atoms with Crippen LogP contribution in [0.5, 0.6) is 11.5 Å². The van der Waals surface area contributed by atoms with Crippen LogP contribution in [0.1, 0.15) is 63.4 Å². The molecule has 0 radical (unpaired) electrons. The zero-order valence-corrected chi connectivity index (χ0v) is 23.9. The molecule has 2 unspecified atom stereocenters. The highest BCUT2D eigenvalue weighted by atomic mass is 35.5. The summed E-state index contributed by atoms with van der Waals surface area (Å²) in [5.41, 5.74) is 1.69. The molecule has 1 heterocycles. The van der Waals surface area contributed by atoms with Gasteiger partial charge in [0.15, 0.2) is 0 Å². The van der Waals surface area contributed by atoms with Crippen molar-refractivity contribution in [2.45, 2.75) is 58.4 Å². The first-order chi connectivity index (χ1) is 18.0. The second-order valence-electron chi connectivity index (χ2n) is 10.3. The van der Waals surface area contributed by atoms with Gasteiger partial charge in [-0.05, 0) is 82.1 Å². The number of amides is 1. The Labute approximate surface area is 234 Å². The fourth-order valence-electron chi connectivity index (χ4n) is 4.32. The molecule has 0 spiro atoms. The molecule has 0 bridgehead atoms. The normalized spacial score (nSPS) is 17.4. The molecule has 38 heavy (non-hydrogen) atoms. The van der Waals surface area contributed by atoms with Gasteiger partial charge in [-0.1, -0.05) is 47.5 Å². The predicted molar refractivity (Wildman–Crippen MR) is 152 cm³/mol. The highest BCUT2D eigenvalue weighted by molar-refractivity contribution is 6.30. The van der Waals surface area contributed by atoms with Gasteiger partial charge in [0.05, 0.1) is 24.8 Å². The van der Waals surface area contributed by atoms with E-state index >= 15 is 0 Å². The van der Waals surface area contributed by atoms with E-state index in [4.69, 9.17) is 42.4 Å². The maximum absolute atomic E-state index is 13.9. The quantitative estimate of drug-likeness (QED) is 0.307. The molecule has 0 aromatic heterocycles. The Balaban J connectivity index is 1.95. The highest BCUT2D eigenvalue weighted by Gasteiger charge is 2.45. The molecule has 1 aliphatic heterocycles. The van der Waals surface area contributed by atoms with Gasteiger partial charge in [0, 0.05) is 16.1 Å². The van der Waals surface area contributed by atoms with E-state index < -0.39 is 23.8 Å². The van der Waals surface area contributed by atoms with E-state index in [1.807, 2.05) is 95.3 Å². The summed E-state index contributed by atoms with van der Waals surface area (Å²) in [4.78, 5) is 20.6. The van der Waals surface area contributed by atoms with Crippen molar-refractivity contribution in [1.29, 1.82) is 0 Å². The molecule has 6 nitrogen and oxygen atoms in total. The Morgan fingerprint density at radius 3 is 2.03 bits per heavy atom. The molecule has 0 fully saturated rings.